The average molecular weight is 257 g/mol. The lowest BCUT2D eigenvalue weighted by molar-refractivity contribution is 0.244. The molecule has 0 saturated heterocycles. The van der Waals surface area contributed by atoms with Crippen LogP contribution < -0.4 is 5.73 Å². The second-order valence-corrected chi connectivity index (χ2v) is 4.63. The number of hydrogen-bond donors (Lipinski definition) is 2. The largest absolute Gasteiger partial charge is 0.396 e. The molecule has 0 amide bonds. The maximum Gasteiger partial charge on any atom is 0.222 e. The molecular weight excluding hydrogens is 242 g/mol. The summed E-state index contributed by atoms with van der Waals surface area (Å²) in [6.07, 6.45) is 8.29. The Morgan fingerprint density at radius 2 is 2.32 bits per heavy atom. The van der Waals surface area contributed by atoms with Gasteiger partial charge in [0.15, 0.2) is 5.65 Å². The van der Waals surface area contributed by atoms with E-state index < -0.39 is 0 Å². The first-order valence-corrected chi connectivity index (χ1v) is 6.14. The van der Waals surface area contributed by atoms with Crippen molar-refractivity contribution in [1.82, 2.24) is 19.5 Å². The van der Waals surface area contributed by atoms with E-state index in [9.17, 15) is 5.11 Å². The molecule has 3 N–H and O–H groups in total. The number of nitrogens with two attached hydrogens (primary N) is 1. The highest BCUT2D eigenvalue weighted by atomic mass is 16.3. The maximum absolute atomic E-state index is 9.19. The SMILES string of the molecule is C=Cc1nc(N)nc2c1ncn2C1C=CC(CO)C1. The quantitative estimate of drug-likeness (QED) is 0.805. The Morgan fingerprint density at radius 3 is 3.00 bits per heavy atom. The normalized spacial score (nSPS) is 22.2. The molecule has 0 bridgehead atoms. The summed E-state index contributed by atoms with van der Waals surface area (Å²) in [5.41, 5.74) is 7.76. The van der Waals surface area contributed by atoms with Gasteiger partial charge in [-0.2, -0.15) is 4.98 Å². The fourth-order valence-electron chi connectivity index (χ4n) is 2.44. The molecular formula is C13H15N5O. The van der Waals surface area contributed by atoms with Crippen molar-refractivity contribution in [3.63, 3.8) is 0 Å². The molecule has 2 aromatic rings. The Kier molecular flexibility index (Phi) is 2.79. The molecule has 2 aromatic heterocycles. The predicted molar refractivity (Wildman–Crippen MR) is 73.2 cm³/mol. The number of imidazole rings is 1. The van der Waals surface area contributed by atoms with Crippen LogP contribution in [0.4, 0.5) is 5.95 Å². The van der Waals surface area contributed by atoms with E-state index in [0.29, 0.717) is 16.9 Å². The molecule has 1 aliphatic rings. The van der Waals surface area contributed by atoms with Crippen LogP contribution in [0.15, 0.2) is 25.1 Å². The van der Waals surface area contributed by atoms with Crippen LogP contribution in [0.25, 0.3) is 17.2 Å². The monoisotopic (exact) mass is 257 g/mol. The van der Waals surface area contributed by atoms with Crippen LogP contribution in [0.5, 0.6) is 0 Å². The first-order chi connectivity index (χ1) is 9.22. The van der Waals surface area contributed by atoms with Gasteiger partial charge in [0.05, 0.1) is 18.1 Å². The molecule has 98 valence electrons. The van der Waals surface area contributed by atoms with Gasteiger partial charge in [-0.1, -0.05) is 18.7 Å². The van der Waals surface area contributed by atoms with E-state index in [0.717, 1.165) is 6.42 Å². The molecule has 0 spiro atoms. The van der Waals surface area contributed by atoms with Gasteiger partial charge in [-0.15, -0.1) is 0 Å². The lowest BCUT2D eigenvalue weighted by Gasteiger charge is -2.12. The molecule has 0 aliphatic heterocycles. The van der Waals surface area contributed by atoms with Crippen molar-refractivity contribution in [2.75, 3.05) is 12.3 Å². The molecule has 0 aromatic carbocycles. The second-order valence-electron chi connectivity index (χ2n) is 4.63. The number of anilines is 1. The van der Waals surface area contributed by atoms with E-state index in [2.05, 4.69) is 27.6 Å². The van der Waals surface area contributed by atoms with Gasteiger partial charge >= 0.3 is 0 Å². The highest BCUT2D eigenvalue weighted by molar-refractivity contribution is 5.80. The standard InChI is InChI=1S/C13H15N5O/c1-2-10-11-12(17-13(14)16-10)18(7-15-11)9-4-3-8(5-9)6-19/h2-4,7-9,19H,1,5-6H2,(H2,14,16,17). The Bertz CT molecular complexity index is 660. The Labute approximate surface area is 110 Å². The molecule has 2 heterocycles. The predicted octanol–water partition coefficient (Wildman–Crippen LogP) is 1.16. The van der Waals surface area contributed by atoms with Gasteiger partial charge in [0.1, 0.15) is 5.52 Å². The van der Waals surface area contributed by atoms with Crippen LogP contribution in [0.2, 0.25) is 0 Å². The molecule has 0 saturated carbocycles. The second kappa shape index (κ2) is 4.47. The summed E-state index contributed by atoms with van der Waals surface area (Å²) in [6.45, 7) is 3.87. The van der Waals surface area contributed by atoms with Crippen molar-refractivity contribution >= 4 is 23.2 Å². The van der Waals surface area contributed by atoms with Crippen molar-refractivity contribution in [3.05, 3.63) is 30.8 Å². The molecule has 19 heavy (non-hydrogen) atoms. The number of aliphatic hydroxyl groups excluding tert-OH is 1. The minimum atomic E-state index is 0.147. The number of fused-ring (bicyclic) bond motifs is 1. The number of nitrogen functional groups attached to an aromatic ring is 1. The molecule has 6 nitrogen and oxygen atoms in total. The molecule has 3 rings (SSSR count). The van der Waals surface area contributed by atoms with E-state index >= 15 is 0 Å². The van der Waals surface area contributed by atoms with Crippen molar-refractivity contribution < 1.29 is 5.11 Å². The van der Waals surface area contributed by atoms with Gasteiger partial charge in [-0.3, -0.25) is 0 Å². The topological polar surface area (TPSA) is 89.9 Å². The van der Waals surface area contributed by atoms with Crippen LogP contribution in [-0.2, 0) is 0 Å². The number of aromatic nitrogens is 4. The number of nitrogens with zero attached hydrogens (tertiary/aromatic N) is 4. The first-order valence-electron chi connectivity index (χ1n) is 6.14. The van der Waals surface area contributed by atoms with Crippen LogP contribution in [0.3, 0.4) is 0 Å². The van der Waals surface area contributed by atoms with Crippen LogP contribution in [-0.4, -0.2) is 31.2 Å². The lowest BCUT2D eigenvalue weighted by atomic mass is 10.1. The highest BCUT2D eigenvalue weighted by Gasteiger charge is 2.22. The summed E-state index contributed by atoms with van der Waals surface area (Å²) in [5.74, 6) is 0.408. The van der Waals surface area contributed by atoms with E-state index in [4.69, 9.17) is 5.73 Å². The third-order valence-electron chi connectivity index (χ3n) is 3.40. The number of allylic oxidation sites excluding steroid dienone is 1. The summed E-state index contributed by atoms with van der Waals surface area (Å²) in [7, 11) is 0. The Morgan fingerprint density at radius 1 is 1.47 bits per heavy atom. The Hall–Kier alpha value is -2.21. The molecule has 0 radical (unpaired) electrons. The van der Waals surface area contributed by atoms with Gasteiger partial charge in [0.2, 0.25) is 5.95 Å². The van der Waals surface area contributed by atoms with Crippen LogP contribution >= 0.6 is 0 Å². The average Bonchev–Trinajstić information content (AvgIpc) is 3.03. The van der Waals surface area contributed by atoms with Gasteiger partial charge in [0.25, 0.3) is 0 Å². The molecule has 2 unspecified atom stereocenters. The minimum absolute atomic E-state index is 0.147. The van der Waals surface area contributed by atoms with Gasteiger partial charge in [-0.25, -0.2) is 9.97 Å². The fourth-order valence-corrected chi connectivity index (χ4v) is 2.44. The number of aliphatic hydroxyl groups is 1. The van der Waals surface area contributed by atoms with Crippen molar-refractivity contribution in [3.8, 4) is 0 Å². The third-order valence-corrected chi connectivity index (χ3v) is 3.40. The number of hydrogen-bond acceptors (Lipinski definition) is 5. The van der Waals surface area contributed by atoms with Crippen molar-refractivity contribution in [2.24, 2.45) is 5.92 Å². The summed E-state index contributed by atoms with van der Waals surface area (Å²) in [5, 5.41) is 9.19. The molecule has 1 aliphatic carbocycles. The summed E-state index contributed by atoms with van der Waals surface area (Å²) < 4.78 is 1.96. The third kappa shape index (κ3) is 1.90. The van der Waals surface area contributed by atoms with Gasteiger partial charge in [-0.05, 0) is 12.5 Å². The zero-order valence-corrected chi connectivity index (χ0v) is 10.4. The highest BCUT2D eigenvalue weighted by Crippen LogP contribution is 2.30. The van der Waals surface area contributed by atoms with Crippen LogP contribution in [0.1, 0.15) is 18.2 Å². The van der Waals surface area contributed by atoms with Gasteiger partial charge < -0.3 is 15.4 Å². The van der Waals surface area contributed by atoms with E-state index in [1.54, 1.807) is 12.4 Å². The minimum Gasteiger partial charge on any atom is -0.396 e. The Balaban J connectivity index is 2.09. The van der Waals surface area contributed by atoms with E-state index in [1.807, 2.05) is 10.6 Å². The summed E-state index contributed by atoms with van der Waals surface area (Å²) in [4.78, 5) is 12.7. The molecule has 0 fully saturated rings. The van der Waals surface area contributed by atoms with Crippen molar-refractivity contribution in [2.45, 2.75) is 12.5 Å². The summed E-state index contributed by atoms with van der Waals surface area (Å²) >= 11 is 0. The smallest absolute Gasteiger partial charge is 0.222 e. The number of rotatable bonds is 3. The maximum atomic E-state index is 9.19. The van der Waals surface area contributed by atoms with Crippen LogP contribution in [0, 0.1) is 5.92 Å². The van der Waals surface area contributed by atoms with Crippen molar-refractivity contribution in [1.29, 1.82) is 0 Å². The zero-order chi connectivity index (χ0) is 13.4. The summed E-state index contributed by atoms with van der Waals surface area (Å²) in [6, 6.07) is 0.147. The molecule has 6 heteroatoms. The van der Waals surface area contributed by atoms with E-state index in [1.165, 1.54) is 0 Å². The molecule has 2 atom stereocenters. The van der Waals surface area contributed by atoms with E-state index in [-0.39, 0.29) is 24.5 Å². The fraction of sp³-hybridized carbons (Fsp3) is 0.308. The van der Waals surface area contributed by atoms with Gasteiger partial charge in [0, 0.05) is 12.5 Å². The zero-order valence-electron chi connectivity index (χ0n) is 10.4. The lowest BCUT2D eigenvalue weighted by Crippen LogP contribution is -2.08. The first kappa shape index (κ1) is 11.9.